The summed E-state index contributed by atoms with van der Waals surface area (Å²) in [6, 6.07) is 8.75. The minimum Gasteiger partial charge on any atom is -0.369 e. The van der Waals surface area contributed by atoms with Crippen molar-refractivity contribution in [1.29, 1.82) is 0 Å². The van der Waals surface area contributed by atoms with E-state index in [-0.39, 0.29) is 11.8 Å². The number of carbonyl (C=O) groups excluding carboxylic acids is 1. The molecule has 0 bridgehead atoms. The smallest absolute Gasteiger partial charge is 0.221 e. The van der Waals surface area contributed by atoms with Crippen molar-refractivity contribution in [3.63, 3.8) is 0 Å². The third kappa shape index (κ3) is 4.40. The number of amides is 1. The van der Waals surface area contributed by atoms with E-state index in [9.17, 15) is 4.79 Å². The highest BCUT2D eigenvalue weighted by atomic mass is 32.2. The van der Waals surface area contributed by atoms with Crippen molar-refractivity contribution in [2.24, 2.45) is 11.7 Å². The van der Waals surface area contributed by atoms with E-state index in [0.29, 0.717) is 6.04 Å². The van der Waals surface area contributed by atoms with Crippen LogP contribution in [0.1, 0.15) is 25.5 Å². The van der Waals surface area contributed by atoms with Crippen molar-refractivity contribution < 1.29 is 4.79 Å². The molecule has 0 fully saturated rings. The first-order chi connectivity index (χ1) is 8.04. The molecule has 0 spiro atoms. The lowest BCUT2D eigenvalue weighted by atomic mass is 10.1. The van der Waals surface area contributed by atoms with Crippen LogP contribution >= 0.6 is 11.8 Å². The van der Waals surface area contributed by atoms with Crippen LogP contribution in [0, 0.1) is 5.92 Å². The number of thioether (sulfide) groups is 1. The van der Waals surface area contributed by atoms with Gasteiger partial charge in [-0.3, -0.25) is 4.79 Å². The molecule has 0 aliphatic heterocycles. The first-order valence-electron chi connectivity index (χ1n) is 5.74. The van der Waals surface area contributed by atoms with Crippen LogP contribution < -0.4 is 11.1 Å². The Bertz CT molecular complexity index is 364. The minimum atomic E-state index is -0.238. The predicted octanol–water partition coefficient (Wildman–Crippen LogP) is 2.18. The van der Waals surface area contributed by atoms with Gasteiger partial charge in [-0.25, -0.2) is 0 Å². The molecule has 2 atom stereocenters. The molecule has 0 aliphatic rings. The highest BCUT2D eigenvalue weighted by Gasteiger charge is 2.09. The normalized spacial score (nSPS) is 14.3. The maximum absolute atomic E-state index is 10.9. The topological polar surface area (TPSA) is 55.1 Å². The number of nitrogens with one attached hydrogen (secondary N) is 1. The molecule has 1 aromatic carbocycles. The van der Waals surface area contributed by atoms with E-state index >= 15 is 0 Å². The molecule has 4 heteroatoms. The molecule has 0 aliphatic carbocycles. The monoisotopic (exact) mass is 252 g/mol. The van der Waals surface area contributed by atoms with E-state index in [2.05, 4.69) is 36.5 Å². The van der Waals surface area contributed by atoms with Crippen molar-refractivity contribution in [2.75, 3.05) is 12.8 Å². The summed E-state index contributed by atoms with van der Waals surface area (Å²) in [4.78, 5) is 12.1. The zero-order valence-electron chi connectivity index (χ0n) is 10.6. The number of rotatable bonds is 6. The average molecular weight is 252 g/mol. The number of hydrogen-bond acceptors (Lipinski definition) is 3. The zero-order chi connectivity index (χ0) is 12.8. The van der Waals surface area contributed by atoms with Gasteiger partial charge in [-0.05, 0) is 31.7 Å². The van der Waals surface area contributed by atoms with Crippen LogP contribution in [0.5, 0.6) is 0 Å². The molecule has 0 saturated carbocycles. The summed E-state index contributed by atoms with van der Waals surface area (Å²) >= 11 is 1.66. The van der Waals surface area contributed by atoms with Crippen LogP contribution in [0.4, 0.5) is 0 Å². The van der Waals surface area contributed by atoms with E-state index in [4.69, 9.17) is 5.73 Å². The van der Waals surface area contributed by atoms with E-state index in [1.54, 1.807) is 11.8 Å². The first-order valence-corrected chi connectivity index (χ1v) is 6.72. The van der Waals surface area contributed by atoms with E-state index < -0.39 is 0 Å². The Labute approximate surface area is 107 Å². The molecular formula is C13H20N2OS. The molecule has 1 aromatic rings. The molecule has 1 amide bonds. The van der Waals surface area contributed by atoms with Gasteiger partial charge in [0.25, 0.3) is 0 Å². The molecule has 0 radical (unpaired) electrons. The number of carbonyl (C=O) groups is 1. The summed E-state index contributed by atoms with van der Waals surface area (Å²) in [7, 11) is 1.95. The second-order valence-electron chi connectivity index (χ2n) is 4.19. The number of hydrogen-bond donors (Lipinski definition) is 2. The van der Waals surface area contributed by atoms with Gasteiger partial charge in [0.15, 0.2) is 0 Å². The van der Waals surface area contributed by atoms with Crippen LogP contribution in [0.3, 0.4) is 0 Å². The number of benzene rings is 1. The lowest BCUT2D eigenvalue weighted by Crippen LogP contribution is -2.22. The highest BCUT2D eigenvalue weighted by Crippen LogP contribution is 2.22. The molecule has 3 N–H and O–H groups in total. The molecule has 1 rings (SSSR count). The highest BCUT2D eigenvalue weighted by molar-refractivity contribution is 7.99. The van der Waals surface area contributed by atoms with Crippen molar-refractivity contribution in [2.45, 2.75) is 24.8 Å². The summed E-state index contributed by atoms with van der Waals surface area (Å²) in [5.74, 6) is 0.407. The van der Waals surface area contributed by atoms with Gasteiger partial charge in [-0.2, -0.15) is 0 Å². The Hall–Kier alpha value is -1.00. The fourth-order valence-electron chi connectivity index (χ4n) is 1.32. The maximum Gasteiger partial charge on any atom is 0.221 e. The summed E-state index contributed by atoms with van der Waals surface area (Å²) in [5.41, 5.74) is 6.49. The molecular weight excluding hydrogens is 232 g/mol. The Morgan fingerprint density at radius 1 is 1.35 bits per heavy atom. The molecule has 3 nitrogen and oxygen atoms in total. The summed E-state index contributed by atoms with van der Waals surface area (Å²) < 4.78 is 0. The summed E-state index contributed by atoms with van der Waals surface area (Å²) in [5, 5.41) is 3.20. The van der Waals surface area contributed by atoms with Gasteiger partial charge in [0.05, 0.1) is 0 Å². The lowest BCUT2D eigenvalue weighted by molar-refractivity contribution is -0.120. The second-order valence-corrected chi connectivity index (χ2v) is 5.29. The van der Waals surface area contributed by atoms with Gasteiger partial charge in [-0.15, -0.1) is 11.8 Å². The van der Waals surface area contributed by atoms with Gasteiger partial charge in [0.1, 0.15) is 0 Å². The molecule has 0 heterocycles. The van der Waals surface area contributed by atoms with E-state index in [1.165, 1.54) is 10.5 Å². The summed E-state index contributed by atoms with van der Waals surface area (Å²) in [6.07, 6.45) is 0. The van der Waals surface area contributed by atoms with Crippen LogP contribution in [-0.4, -0.2) is 18.7 Å². The van der Waals surface area contributed by atoms with Gasteiger partial charge >= 0.3 is 0 Å². The lowest BCUT2D eigenvalue weighted by Gasteiger charge is -2.11. The van der Waals surface area contributed by atoms with Crippen LogP contribution in [0.25, 0.3) is 0 Å². The molecule has 0 aromatic heterocycles. The summed E-state index contributed by atoms with van der Waals surface area (Å²) in [6.45, 7) is 3.98. The van der Waals surface area contributed by atoms with Crippen LogP contribution in [0.15, 0.2) is 29.2 Å². The van der Waals surface area contributed by atoms with Crippen molar-refractivity contribution in [3.05, 3.63) is 29.8 Å². The third-order valence-electron chi connectivity index (χ3n) is 2.80. The molecule has 2 unspecified atom stereocenters. The number of primary amides is 1. The first kappa shape index (κ1) is 14.1. The minimum absolute atomic E-state index is 0.0871. The Morgan fingerprint density at radius 2 is 1.94 bits per heavy atom. The van der Waals surface area contributed by atoms with Gasteiger partial charge in [0.2, 0.25) is 5.91 Å². The SMILES string of the molecule is CNC(C)c1ccc(SCC(C)C(N)=O)cc1. The Kier molecular flexibility index (Phi) is 5.51. The predicted molar refractivity (Wildman–Crippen MR) is 73.0 cm³/mol. The molecule has 94 valence electrons. The van der Waals surface area contributed by atoms with Crippen molar-refractivity contribution in [3.8, 4) is 0 Å². The van der Waals surface area contributed by atoms with Crippen molar-refractivity contribution >= 4 is 17.7 Å². The van der Waals surface area contributed by atoms with E-state index in [1.807, 2.05) is 14.0 Å². The Balaban J connectivity index is 2.54. The standard InChI is InChI=1S/C13H20N2OS/c1-9(13(14)16)8-17-12-6-4-11(5-7-12)10(2)15-3/h4-7,9-10,15H,8H2,1-3H3,(H2,14,16). The third-order valence-corrected chi connectivity index (χ3v) is 4.07. The zero-order valence-corrected chi connectivity index (χ0v) is 11.4. The largest absolute Gasteiger partial charge is 0.369 e. The Morgan fingerprint density at radius 3 is 2.41 bits per heavy atom. The van der Waals surface area contributed by atoms with Gasteiger partial charge in [-0.1, -0.05) is 19.1 Å². The second kappa shape index (κ2) is 6.67. The fraction of sp³-hybridized carbons (Fsp3) is 0.462. The number of nitrogens with two attached hydrogens (primary N) is 1. The molecule has 17 heavy (non-hydrogen) atoms. The van der Waals surface area contributed by atoms with Crippen LogP contribution in [-0.2, 0) is 4.79 Å². The van der Waals surface area contributed by atoms with Crippen LogP contribution in [0.2, 0.25) is 0 Å². The average Bonchev–Trinajstić information content (AvgIpc) is 2.35. The van der Waals surface area contributed by atoms with E-state index in [0.717, 1.165) is 5.75 Å². The van der Waals surface area contributed by atoms with Gasteiger partial charge in [0, 0.05) is 22.6 Å². The van der Waals surface area contributed by atoms with Gasteiger partial charge < -0.3 is 11.1 Å². The maximum atomic E-state index is 10.9. The molecule has 0 saturated heterocycles. The fourth-order valence-corrected chi connectivity index (χ4v) is 2.26. The van der Waals surface area contributed by atoms with Crippen molar-refractivity contribution in [1.82, 2.24) is 5.32 Å². The quantitative estimate of drug-likeness (QED) is 0.763.